The Bertz CT molecular complexity index is 921. The number of benzene rings is 1. The lowest BCUT2D eigenvalue weighted by Gasteiger charge is -2.10. The van der Waals surface area contributed by atoms with Crippen molar-refractivity contribution in [1.29, 1.82) is 0 Å². The van der Waals surface area contributed by atoms with Gasteiger partial charge in [-0.15, -0.1) is 0 Å². The van der Waals surface area contributed by atoms with Gasteiger partial charge in [0.15, 0.2) is 0 Å². The van der Waals surface area contributed by atoms with Crippen LogP contribution in [0.15, 0.2) is 21.7 Å². The summed E-state index contributed by atoms with van der Waals surface area (Å²) in [5, 5.41) is 8.73. The lowest BCUT2D eigenvalue weighted by molar-refractivity contribution is 0.0697. The second kappa shape index (κ2) is 5.29. The highest BCUT2D eigenvalue weighted by molar-refractivity contribution is 7.98. The topological polar surface area (TPSA) is 92.2 Å². The average Bonchev–Trinajstić information content (AvgIpc) is 2.88. The van der Waals surface area contributed by atoms with Crippen molar-refractivity contribution in [3.05, 3.63) is 60.6 Å². The molecule has 0 saturated carbocycles. The monoisotopic (exact) mass is 342 g/mol. The van der Waals surface area contributed by atoms with Crippen LogP contribution in [0.1, 0.15) is 21.6 Å². The van der Waals surface area contributed by atoms with Gasteiger partial charge in [-0.3, -0.25) is 4.79 Å². The van der Waals surface area contributed by atoms with Crippen LogP contribution in [0.5, 0.6) is 0 Å². The maximum Gasteiger partial charge on any atom is 0.337 e. The smallest absolute Gasteiger partial charge is 0.337 e. The fourth-order valence-corrected chi connectivity index (χ4v) is 3.52. The van der Waals surface area contributed by atoms with Gasteiger partial charge in [-0.2, -0.15) is 11.8 Å². The number of nitrogens with one attached hydrogen (secondary N) is 1. The van der Waals surface area contributed by atoms with Crippen molar-refractivity contribution in [3.8, 4) is 5.69 Å². The van der Waals surface area contributed by atoms with E-state index in [9.17, 15) is 18.8 Å². The first kappa shape index (κ1) is 14.9. The van der Waals surface area contributed by atoms with Gasteiger partial charge >= 0.3 is 11.7 Å². The number of aromatic nitrogens is 2. The van der Waals surface area contributed by atoms with Crippen LogP contribution < -0.4 is 11.2 Å². The molecular weight excluding hydrogens is 335 g/mol. The quantitative estimate of drug-likeness (QED) is 0.867. The van der Waals surface area contributed by atoms with Gasteiger partial charge in [0.1, 0.15) is 5.82 Å². The number of carbonyl (C=O) groups is 1. The number of H-pyrrole nitrogens is 1. The third kappa shape index (κ3) is 2.24. The minimum atomic E-state index is -1.38. The Morgan fingerprint density at radius 3 is 2.77 bits per heavy atom. The van der Waals surface area contributed by atoms with E-state index in [1.54, 1.807) is 0 Å². The van der Waals surface area contributed by atoms with Crippen molar-refractivity contribution < 1.29 is 14.3 Å². The SMILES string of the molecule is O=C(O)c1cc(-n2c(=O)[nH]c3c(c2=O)CSC3)c(F)cc1Cl. The molecule has 1 aromatic heterocycles. The maximum absolute atomic E-state index is 14.1. The van der Waals surface area contributed by atoms with Crippen molar-refractivity contribution in [2.75, 3.05) is 0 Å². The number of fused-ring (bicyclic) bond motifs is 1. The summed E-state index contributed by atoms with van der Waals surface area (Å²) in [5.41, 5.74) is -1.39. The van der Waals surface area contributed by atoms with Crippen LogP contribution in [-0.4, -0.2) is 20.6 Å². The van der Waals surface area contributed by atoms with Crippen molar-refractivity contribution in [1.82, 2.24) is 9.55 Å². The molecule has 1 aliphatic rings. The van der Waals surface area contributed by atoms with E-state index in [4.69, 9.17) is 16.7 Å². The van der Waals surface area contributed by atoms with Gasteiger partial charge in [-0.25, -0.2) is 18.5 Å². The minimum Gasteiger partial charge on any atom is -0.478 e. The van der Waals surface area contributed by atoms with E-state index in [1.807, 2.05) is 0 Å². The molecule has 6 nitrogen and oxygen atoms in total. The summed E-state index contributed by atoms with van der Waals surface area (Å²) in [5.74, 6) is -1.42. The highest BCUT2D eigenvalue weighted by Gasteiger charge is 2.23. The highest BCUT2D eigenvalue weighted by Crippen LogP contribution is 2.26. The molecule has 0 fully saturated rings. The predicted octanol–water partition coefficient (Wildman–Crippen LogP) is 1.76. The molecule has 22 heavy (non-hydrogen) atoms. The number of aromatic amines is 1. The molecule has 0 radical (unpaired) electrons. The molecule has 1 aromatic carbocycles. The molecule has 0 saturated heterocycles. The van der Waals surface area contributed by atoms with Crippen LogP contribution in [-0.2, 0) is 11.5 Å². The Morgan fingerprint density at radius 2 is 2.09 bits per heavy atom. The molecular formula is C13H8ClFN2O4S. The zero-order valence-electron chi connectivity index (χ0n) is 10.9. The van der Waals surface area contributed by atoms with Gasteiger partial charge in [0.25, 0.3) is 5.56 Å². The Kier molecular flexibility index (Phi) is 3.57. The largest absolute Gasteiger partial charge is 0.478 e. The fraction of sp³-hybridized carbons (Fsp3) is 0.154. The standard InChI is InChI=1S/C13H8ClFN2O4S/c14-7-2-8(15)10(1-5(7)12(19)20)17-11(18)6-3-22-4-9(6)16-13(17)21/h1-2H,3-4H2,(H,16,21)(H,19,20). The molecule has 9 heteroatoms. The van der Waals surface area contributed by atoms with Gasteiger partial charge < -0.3 is 10.1 Å². The molecule has 0 atom stereocenters. The molecule has 0 unspecified atom stereocenters. The normalized spacial score (nSPS) is 13.2. The van der Waals surface area contributed by atoms with Gasteiger partial charge in [0.05, 0.1) is 16.3 Å². The summed E-state index contributed by atoms with van der Waals surface area (Å²) in [6.07, 6.45) is 0. The third-order valence-corrected chi connectivity index (χ3v) is 4.59. The van der Waals surface area contributed by atoms with Gasteiger partial charge in [-0.05, 0) is 12.1 Å². The summed E-state index contributed by atoms with van der Waals surface area (Å²) in [6, 6.07) is 1.65. The third-order valence-electron chi connectivity index (χ3n) is 3.29. The zero-order chi connectivity index (χ0) is 16.0. The Morgan fingerprint density at radius 1 is 1.36 bits per heavy atom. The van der Waals surface area contributed by atoms with E-state index in [2.05, 4.69) is 4.98 Å². The van der Waals surface area contributed by atoms with E-state index in [0.29, 0.717) is 27.3 Å². The lowest BCUT2D eigenvalue weighted by atomic mass is 10.2. The average molecular weight is 343 g/mol. The molecule has 2 aromatic rings. The van der Waals surface area contributed by atoms with E-state index < -0.39 is 28.7 Å². The number of hydrogen-bond acceptors (Lipinski definition) is 4. The number of aromatic carboxylic acids is 1. The van der Waals surface area contributed by atoms with Crippen molar-refractivity contribution >= 4 is 29.3 Å². The number of carboxylic acid groups (broad SMARTS) is 1. The van der Waals surface area contributed by atoms with Crippen molar-refractivity contribution in [2.45, 2.75) is 11.5 Å². The zero-order valence-corrected chi connectivity index (χ0v) is 12.4. The van der Waals surface area contributed by atoms with Crippen molar-refractivity contribution in [3.63, 3.8) is 0 Å². The Balaban J connectivity index is 2.34. The maximum atomic E-state index is 14.1. The predicted molar refractivity (Wildman–Crippen MR) is 79.6 cm³/mol. The number of halogens is 2. The van der Waals surface area contributed by atoms with Gasteiger partial charge in [0.2, 0.25) is 0 Å². The number of nitrogens with zero attached hydrogens (tertiary/aromatic N) is 1. The summed E-state index contributed by atoms with van der Waals surface area (Å²) in [4.78, 5) is 38.1. The van der Waals surface area contributed by atoms with Crippen LogP contribution >= 0.6 is 23.4 Å². The fourth-order valence-electron chi connectivity index (χ4n) is 2.24. The van der Waals surface area contributed by atoms with Crippen LogP contribution in [0, 0.1) is 5.82 Å². The summed E-state index contributed by atoms with van der Waals surface area (Å²) >= 11 is 7.11. The van der Waals surface area contributed by atoms with Crippen LogP contribution in [0.25, 0.3) is 5.69 Å². The van der Waals surface area contributed by atoms with E-state index >= 15 is 0 Å². The molecule has 2 N–H and O–H groups in total. The first-order valence-electron chi connectivity index (χ1n) is 6.07. The number of carboxylic acids is 1. The summed E-state index contributed by atoms with van der Waals surface area (Å²) in [7, 11) is 0. The van der Waals surface area contributed by atoms with Gasteiger partial charge in [0, 0.05) is 22.8 Å². The number of thioether (sulfide) groups is 1. The molecule has 2 heterocycles. The molecule has 0 bridgehead atoms. The molecule has 0 spiro atoms. The van der Waals surface area contributed by atoms with Crippen LogP contribution in [0.4, 0.5) is 4.39 Å². The first-order valence-corrected chi connectivity index (χ1v) is 7.61. The second-order valence-corrected chi connectivity index (χ2v) is 6.00. The van der Waals surface area contributed by atoms with E-state index in [1.165, 1.54) is 11.8 Å². The van der Waals surface area contributed by atoms with E-state index in [0.717, 1.165) is 12.1 Å². The molecule has 0 amide bonds. The van der Waals surface area contributed by atoms with Crippen molar-refractivity contribution in [2.24, 2.45) is 0 Å². The molecule has 114 valence electrons. The van der Waals surface area contributed by atoms with Crippen LogP contribution in [0.2, 0.25) is 5.02 Å². The number of rotatable bonds is 2. The summed E-state index contributed by atoms with van der Waals surface area (Å²) < 4.78 is 14.7. The highest BCUT2D eigenvalue weighted by atomic mass is 35.5. The second-order valence-electron chi connectivity index (χ2n) is 4.61. The molecule has 3 rings (SSSR count). The number of hydrogen-bond donors (Lipinski definition) is 2. The van der Waals surface area contributed by atoms with Gasteiger partial charge in [-0.1, -0.05) is 11.6 Å². The Hall–Kier alpha value is -2.06. The minimum absolute atomic E-state index is 0.310. The van der Waals surface area contributed by atoms with E-state index in [-0.39, 0.29) is 10.6 Å². The lowest BCUT2D eigenvalue weighted by Crippen LogP contribution is -2.37. The molecule has 1 aliphatic heterocycles. The first-order chi connectivity index (χ1) is 10.4. The van der Waals surface area contributed by atoms with Crippen LogP contribution in [0.3, 0.4) is 0 Å². The summed E-state index contributed by atoms with van der Waals surface area (Å²) in [6.45, 7) is 0. The molecule has 0 aliphatic carbocycles. The Labute approximate surface area is 131 Å².